The summed E-state index contributed by atoms with van der Waals surface area (Å²) < 4.78 is 58.8. The van der Waals surface area contributed by atoms with Crippen LogP contribution >= 0.6 is 0 Å². The number of nitrogens with one attached hydrogen (secondary N) is 1. The zero-order chi connectivity index (χ0) is 27.4. The number of fused-ring (bicyclic) bond motifs is 3. The van der Waals surface area contributed by atoms with Crippen molar-refractivity contribution in [1.82, 2.24) is 28.3 Å². The van der Waals surface area contributed by atoms with Crippen LogP contribution in [0.4, 0.5) is 0 Å². The molecule has 0 saturated heterocycles. The number of benzene rings is 1. The molecule has 0 unspecified atom stereocenters. The quantitative estimate of drug-likeness (QED) is 0.356. The fraction of sp³-hybridized carbons (Fsp3) is 0.519. The molecule has 0 spiro atoms. The van der Waals surface area contributed by atoms with Gasteiger partial charge in [0, 0.05) is 18.2 Å². The third-order valence-corrected chi connectivity index (χ3v) is 11.7. The molecule has 4 aromatic rings. The van der Waals surface area contributed by atoms with Crippen molar-refractivity contribution in [2.24, 2.45) is 11.8 Å². The molecule has 1 N–H and O–H groups in total. The molecule has 0 aliphatic heterocycles. The van der Waals surface area contributed by atoms with Crippen LogP contribution in [-0.2, 0) is 20.0 Å². The maximum Gasteiger partial charge on any atom is 0.269 e. The summed E-state index contributed by atoms with van der Waals surface area (Å²) in [5.41, 5.74) is 2.38. The first kappa shape index (κ1) is 26.4. The minimum atomic E-state index is -3.85. The van der Waals surface area contributed by atoms with Gasteiger partial charge in [0.05, 0.1) is 22.4 Å². The predicted molar refractivity (Wildman–Crippen MR) is 148 cm³/mol. The van der Waals surface area contributed by atoms with Gasteiger partial charge in [0.25, 0.3) is 10.0 Å². The predicted octanol–water partition coefficient (Wildman–Crippen LogP) is 4.01. The molecule has 0 radical (unpaired) electrons. The van der Waals surface area contributed by atoms with Gasteiger partial charge in [-0.25, -0.2) is 30.5 Å². The second-order valence-corrected chi connectivity index (χ2v) is 14.9. The Labute approximate surface area is 229 Å². The molecule has 2 saturated carbocycles. The van der Waals surface area contributed by atoms with Gasteiger partial charge in [-0.05, 0) is 62.6 Å². The summed E-state index contributed by atoms with van der Waals surface area (Å²) in [5.74, 6) is 1.27. The highest BCUT2D eigenvalue weighted by Gasteiger charge is 2.38. The molecular formula is C27H34N6O4S2. The van der Waals surface area contributed by atoms with Crippen molar-refractivity contribution in [2.75, 3.05) is 5.75 Å². The fourth-order valence-electron chi connectivity index (χ4n) is 6.38. The monoisotopic (exact) mass is 570 g/mol. The first-order valence-electron chi connectivity index (χ1n) is 13.7. The van der Waals surface area contributed by atoms with Gasteiger partial charge in [-0.15, -0.1) is 10.2 Å². The topological polar surface area (TPSA) is 128 Å². The van der Waals surface area contributed by atoms with Gasteiger partial charge >= 0.3 is 0 Å². The Balaban J connectivity index is 1.29. The van der Waals surface area contributed by atoms with Crippen LogP contribution < -0.4 is 4.72 Å². The lowest BCUT2D eigenvalue weighted by molar-refractivity contribution is 0.383. The molecule has 208 valence electrons. The van der Waals surface area contributed by atoms with Crippen molar-refractivity contribution in [3.63, 3.8) is 0 Å². The molecule has 12 heteroatoms. The van der Waals surface area contributed by atoms with Gasteiger partial charge in [-0.3, -0.25) is 4.40 Å². The summed E-state index contributed by atoms with van der Waals surface area (Å²) in [4.78, 5) is 4.61. The number of aromatic nitrogens is 5. The highest BCUT2D eigenvalue weighted by atomic mass is 32.2. The normalized spacial score (nSPS) is 23.2. The van der Waals surface area contributed by atoms with Crippen LogP contribution in [0.15, 0.2) is 47.6 Å². The highest BCUT2D eigenvalue weighted by molar-refractivity contribution is 7.90. The smallest absolute Gasteiger partial charge is 0.269 e. The van der Waals surface area contributed by atoms with E-state index in [0.29, 0.717) is 35.5 Å². The maximum atomic E-state index is 13.4. The third kappa shape index (κ3) is 4.98. The van der Waals surface area contributed by atoms with E-state index in [1.165, 1.54) is 22.8 Å². The van der Waals surface area contributed by atoms with E-state index in [-0.39, 0.29) is 34.4 Å². The number of hydrogen-bond donors (Lipinski definition) is 1. The molecule has 3 atom stereocenters. The second-order valence-electron chi connectivity index (χ2n) is 11.3. The number of sulfonamides is 1. The van der Waals surface area contributed by atoms with Crippen molar-refractivity contribution >= 4 is 36.9 Å². The minimum absolute atomic E-state index is 0.0370. The fourth-order valence-corrected chi connectivity index (χ4v) is 9.43. The molecule has 39 heavy (non-hydrogen) atoms. The zero-order valence-electron chi connectivity index (χ0n) is 22.2. The summed E-state index contributed by atoms with van der Waals surface area (Å²) in [6, 6.07) is 8.27. The standard InChI is InChI=1S/C27H34N6O4S2/c1-18-8-10-22(11-9-18)39(36,37)32-13-12-24-27(32)28-16-25-29-30-26(33(24)25)23-15-21(14-19(23)2)31-38(34,35)17-20-6-4-3-5-7-20/h8-13,16,19-21,23,31H,3-7,14-15,17H2,1-2H3/t19-,21+,23+/m1/s1. The van der Waals surface area contributed by atoms with Crippen LogP contribution in [0.25, 0.3) is 16.8 Å². The van der Waals surface area contributed by atoms with Gasteiger partial charge in [-0.2, -0.15) is 0 Å². The van der Waals surface area contributed by atoms with E-state index in [1.54, 1.807) is 30.3 Å². The third-order valence-electron chi connectivity index (χ3n) is 8.38. The first-order valence-corrected chi connectivity index (χ1v) is 16.7. The van der Waals surface area contributed by atoms with Gasteiger partial charge in [0.1, 0.15) is 5.82 Å². The van der Waals surface area contributed by atoms with Crippen LogP contribution in [0.3, 0.4) is 0 Å². The van der Waals surface area contributed by atoms with Gasteiger partial charge in [0.15, 0.2) is 11.3 Å². The molecule has 6 rings (SSSR count). The molecule has 2 fully saturated rings. The van der Waals surface area contributed by atoms with Crippen molar-refractivity contribution in [2.45, 2.75) is 75.6 Å². The lowest BCUT2D eigenvalue weighted by Gasteiger charge is -2.22. The Morgan fingerprint density at radius 1 is 0.974 bits per heavy atom. The average Bonchev–Trinajstić information content (AvgIpc) is 3.60. The highest BCUT2D eigenvalue weighted by Crippen LogP contribution is 2.40. The Morgan fingerprint density at radius 2 is 1.72 bits per heavy atom. The van der Waals surface area contributed by atoms with Gasteiger partial charge in [-0.1, -0.05) is 43.9 Å². The molecule has 2 aliphatic carbocycles. The van der Waals surface area contributed by atoms with Gasteiger partial charge in [0.2, 0.25) is 10.0 Å². The summed E-state index contributed by atoms with van der Waals surface area (Å²) in [5, 5.41) is 8.80. The van der Waals surface area contributed by atoms with Crippen LogP contribution in [0.2, 0.25) is 0 Å². The van der Waals surface area contributed by atoms with Gasteiger partial charge < -0.3 is 0 Å². The summed E-state index contributed by atoms with van der Waals surface area (Å²) in [6.07, 6.45) is 9.75. The Bertz CT molecular complexity index is 1720. The van der Waals surface area contributed by atoms with Crippen LogP contribution in [0.1, 0.15) is 69.2 Å². The first-order chi connectivity index (χ1) is 18.6. The van der Waals surface area contributed by atoms with E-state index < -0.39 is 20.0 Å². The average molecular weight is 571 g/mol. The SMILES string of the molecule is Cc1ccc(S(=O)(=O)n2ccc3c2ncc2nnc([C@H]4C[C@@H](NS(=O)(=O)CC5CCCCC5)C[C@H]4C)n23)cc1. The molecule has 3 aromatic heterocycles. The van der Waals surface area contributed by atoms with Crippen molar-refractivity contribution in [3.05, 3.63) is 54.1 Å². The van der Waals surface area contributed by atoms with E-state index in [9.17, 15) is 16.8 Å². The van der Waals surface area contributed by atoms with E-state index in [1.807, 2.05) is 11.3 Å². The van der Waals surface area contributed by atoms with Crippen LogP contribution in [0.5, 0.6) is 0 Å². The molecule has 0 amide bonds. The van der Waals surface area contributed by atoms with Crippen molar-refractivity contribution in [3.8, 4) is 0 Å². The Kier molecular flexibility index (Phi) is 6.75. The van der Waals surface area contributed by atoms with E-state index in [0.717, 1.165) is 31.2 Å². The number of hydrogen-bond acceptors (Lipinski definition) is 7. The number of aryl methyl sites for hydroxylation is 1. The Morgan fingerprint density at radius 3 is 2.46 bits per heavy atom. The number of nitrogens with zero attached hydrogens (tertiary/aromatic N) is 5. The van der Waals surface area contributed by atoms with E-state index >= 15 is 0 Å². The molecule has 10 nitrogen and oxygen atoms in total. The largest absolute Gasteiger partial charge is 0.274 e. The summed E-state index contributed by atoms with van der Waals surface area (Å²) in [7, 11) is -7.22. The summed E-state index contributed by atoms with van der Waals surface area (Å²) in [6.45, 7) is 4.01. The lowest BCUT2D eigenvalue weighted by atomic mass is 9.91. The minimum Gasteiger partial charge on any atom is -0.274 e. The zero-order valence-corrected chi connectivity index (χ0v) is 23.8. The number of rotatable bonds is 7. The maximum absolute atomic E-state index is 13.4. The molecule has 1 aromatic carbocycles. The van der Waals surface area contributed by atoms with E-state index in [2.05, 4.69) is 26.8 Å². The second kappa shape index (κ2) is 9.97. The van der Waals surface area contributed by atoms with Crippen molar-refractivity contribution < 1.29 is 16.8 Å². The van der Waals surface area contributed by atoms with Crippen LogP contribution in [0, 0.1) is 18.8 Å². The molecular weight excluding hydrogens is 536 g/mol. The molecule has 2 aliphatic rings. The van der Waals surface area contributed by atoms with E-state index in [4.69, 9.17) is 0 Å². The lowest BCUT2D eigenvalue weighted by Crippen LogP contribution is -2.37. The summed E-state index contributed by atoms with van der Waals surface area (Å²) >= 11 is 0. The van der Waals surface area contributed by atoms with Crippen LogP contribution in [-0.4, -0.2) is 52.2 Å². The Hall–Kier alpha value is -2.83. The molecule has 3 heterocycles. The molecule has 0 bridgehead atoms. The van der Waals surface area contributed by atoms with Crippen molar-refractivity contribution in [1.29, 1.82) is 0 Å².